The Balaban J connectivity index is 4.36. The standard InChI is InChI=1S/C11H19NO4/c1-7(2)5-9(11(15)16-4)12-10(14)6-8(3)13/h7,9H,5-6H2,1-4H3,(H,12,14). The molecule has 0 aliphatic rings. The number of carbonyl (C=O) groups excluding carboxylic acids is 3. The maximum atomic E-state index is 11.3. The maximum Gasteiger partial charge on any atom is 0.328 e. The zero-order valence-electron chi connectivity index (χ0n) is 10.2. The normalized spacial score (nSPS) is 12.1. The zero-order valence-corrected chi connectivity index (χ0v) is 10.2. The third kappa shape index (κ3) is 6.16. The van der Waals surface area contributed by atoms with Gasteiger partial charge in [-0.15, -0.1) is 0 Å². The van der Waals surface area contributed by atoms with Crippen molar-refractivity contribution in [3.05, 3.63) is 0 Å². The van der Waals surface area contributed by atoms with Gasteiger partial charge in [0.2, 0.25) is 5.91 Å². The minimum Gasteiger partial charge on any atom is -0.467 e. The number of esters is 1. The second-order valence-electron chi connectivity index (χ2n) is 4.15. The van der Waals surface area contributed by atoms with Crippen LogP contribution in [0.5, 0.6) is 0 Å². The molecule has 5 heteroatoms. The predicted molar refractivity (Wildman–Crippen MR) is 58.7 cm³/mol. The first-order chi connectivity index (χ1) is 7.36. The molecule has 1 amide bonds. The first-order valence-corrected chi connectivity index (χ1v) is 5.23. The van der Waals surface area contributed by atoms with Gasteiger partial charge in [-0.25, -0.2) is 4.79 Å². The van der Waals surface area contributed by atoms with Crippen molar-refractivity contribution in [2.45, 2.75) is 39.7 Å². The van der Waals surface area contributed by atoms with Crippen molar-refractivity contribution in [3.63, 3.8) is 0 Å². The Hall–Kier alpha value is -1.39. The fourth-order valence-corrected chi connectivity index (χ4v) is 1.30. The summed E-state index contributed by atoms with van der Waals surface area (Å²) in [5, 5.41) is 2.50. The second kappa shape index (κ2) is 6.98. The fraction of sp³-hybridized carbons (Fsp3) is 0.727. The van der Waals surface area contributed by atoms with Crippen molar-refractivity contribution < 1.29 is 19.1 Å². The Labute approximate surface area is 95.5 Å². The van der Waals surface area contributed by atoms with Gasteiger partial charge in [-0.1, -0.05) is 13.8 Å². The van der Waals surface area contributed by atoms with Crippen molar-refractivity contribution >= 4 is 17.7 Å². The Bertz CT molecular complexity index is 273. The van der Waals surface area contributed by atoms with E-state index in [1.165, 1.54) is 14.0 Å². The van der Waals surface area contributed by atoms with E-state index in [2.05, 4.69) is 10.1 Å². The maximum absolute atomic E-state index is 11.3. The lowest BCUT2D eigenvalue weighted by Crippen LogP contribution is -2.42. The Morgan fingerprint density at radius 1 is 1.25 bits per heavy atom. The number of nitrogens with one attached hydrogen (secondary N) is 1. The van der Waals surface area contributed by atoms with E-state index in [0.717, 1.165) is 0 Å². The van der Waals surface area contributed by atoms with Gasteiger partial charge in [0.25, 0.3) is 0 Å². The van der Waals surface area contributed by atoms with Crippen LogP contribution in [0.2, 0.25) is 0 Å². The van der Waals surface area contributed by atoms with E-state index in [0.29, 0.717) is 6.42 Å². The fourth-order valence-electron chi connectivity index (χ4n) is 1.30. The molecule has 0 aliphatic carbocycles. The highest BCUT2D eigenvalue weighted by molar-refractivity contribution is 5.98. The van der Waals surface area contributed by atoms with Crippen molar-refractivity contribution in [1.82, 2.24) is 5.32 Å². The summed E-state index contributed by atoms with van der Waals surface area (Å²) in [5.41, 5.74) is 0. The van der Waals surface area contributed by atoms with Gasteiger partial charge in [-0.2, -0.15) is 0 Å². The number of hydrogen-bond donors (Lipinski definition) is 1. The molecular weight excluding hydrogens is 210 g/mol. The van der Waals surface area contributed by atoms with Crippen LogP contribution in [-0.4, -0.2) is 30.8 Å². The highest BCUT2D eigenvalue weighted by Gasteiger charge is 2.22. The molecule has 0 aliphatic heterocycles. The molecule has 0 heterocycles. The highest BCUT2D eigenvalue weighted by Crippen LogP contribution is 2.06. The van der Waals surface area contributed by atoms with Gasteiger partial charge < -0.3 is 10.1 Å². The van der Waals surface area contributed by atoms with E-state index in [1.54, 1.807) is 0 Å². The molecule has 16 heavy (non-hydrogen) atoms. The average molecular weight is 229 g/mol. The summed E-state index contributed by atoms with van der Waals surface area (Å²) in [6.07, 6.45) is 0.294. The minimum absolute atomic E-state index is 0.203. The molecule has 92 valence electrons. The summed E-state index contributed by atoms with van der Waals surface area (Å²) in [6.45, 7) is 5.20. The van der Waals surface area contributed by atoms with Gasteiger partial charge in [0.1, 0.15) is 11.8 Å². The first kappa shape index (κ1) is 14.6. The number of Topliss-reactive ketones (excluding diaryl/α,β-unsaturated/α-hetero) is 1. The quantitative estimate of drug-likeness (QED) is 0.536. The zero-order chi connectivity index (χ0) is 12.7. The summed E-state index contributed by atoms with van der Waals surface area (Å²) >= 11 is 0. The van der Waals surface area contributed by atoms with E-state index >= 15 is 0 Å². The smallest absolute Gasteiger partial charge is 0.328 e. The average Bonchev–Trinajstić information content (AvgIpc) is 2.13. The number of ether oxygens (including phenoxy) is 1. The van der Waals surface area contributed by atoms with E-state index < -0.39 is 17.9 Å². The van der Waals surface area contributed by atoms with Crippen LogP contribution in [0.4, 0.5) is 0 Å². The molecule has 0 aromatic heterocycles. The lowest BCUT2D eigenvalue weighted by molar-refractivity contribution is -0.146. The van der Waals surface area contributed by atoms with Gasteiger partial charge in [0.05, 0.1) is 13.5 Å². The van der Waals surface area contributed by atoms with Crippen LogP contribution in [0.15, 0.2) is 0 Å². The first-order valence-electron chi connectivity index (χ1n) is 5.23. The Morgan fingerprint density at radius 2 is 1.81 bits per heavy atom. The predicted octanol–water partition coefficient (Wildman–Crippen LogP) is 0.669. The number of methoxy groups -OCH3 is 1. The van der Waals surface area contributed by atoms with E-state index in [-0.39, 0.29) is 18.1 Å². The van der Waals surface area contributed by atoms with Gasteiger partial charge in [-0.05, 0) is 19.3 Å². The van der Waals surface area contributed by atoms with Gasteiger partial charge in [-0.3, -0.25) is 9.59 Å². The molecule has 0 fully saturated rings. The molecule has 5 nitrogen and oxygen atoms in total. The van der Waals surface area contributed by atoms with Crippen molar-refractivity contribution in [2.24, 2.45) is 5.92 Å². The Kier molecular flexibility index (Phi) is 6.37. The van der Waals surface area contributed by atoms with Gasteiger partial charge in [0.15, 0.2) is 0 Å². The SMILES string of the molecule is COC(=O)C(CC(C)C)NC(=O)CC(C)=O. The molecule has 0 bridgehead atoms. The number of rotatable bonds is 6. The molecular formula is C11H19NO4. The lowest BCUT2D eigenvalue weighted by atomic mass is 10.0. The molecule has 0 saturated heterocycles. The van der Waals surface area contributed by atoms with Gasteiger partial charge in [0, 0.05) is 0 Å². The third-order valence-electron chi connectivity index (χ3n) is 1.94. The van der Waals surface area contributed by atoms with Crippen LogP contribution < -0.4 is 5.32 Å². The number of amides is 1. The van der Waals surface area contributed by atoms with E-state index in [4.69, 9.17) is 0 Å². The molecule has 1 atom stereocenters. The van der Waals surface area contributed by atoms with Crippen LogP contribution in [-0.2, 0) is 19.1 Å². The largest absolute Gasteiger partial charge is 0.467 e. The van der Waals surface area contributed by atoms with Crippen LogP contribution >= 0.6 is 0 Å². The number of hydrogen-bond acceptors (Lipinski definition) is 4. The molecule has 0 spiro atoms. The van der Waals surface area contributed by atoms with Crippen LogP contribution in [0.1, 0.15) is 33.6 Å². The number of carbonyl (C=O) groups is 3. The van der Waals surface area contributed by atoms with E-state index in [9.17, 15) is 14.4 Å². The second-order valence-corrected chi connectivity index (χ2v) is 4.15. The van der Waals surface area contributed by atoms with Crippen molar-refractivity contribution in [3.8, 4) is 0 Å². The topological polar surface area (TPSA) is 72.5 Å². The molecule has 1 N–H and O–H groups in total. The molecule has 0 aromatic carbocycles. The van der Waals surface area contributed by atoms with Crippen molar-refractivity contribution in [2.75, 3.05) is 7.11 Å². The van der Waals surface area contributed by atoms with Crippen LogP contribution in [0.25, 0.3) is 0 Å². The monoisotopic (exact) mass is 229 g/mol. The summed E-state index contributed by atoms with van der Waals surface area (Å²) < 4.78 is 4.58. The van der Waals surface area contributed by atoms with E-state index in [1.807, 2.05) is 13.8 Å². The van der Waals surface area contributed by atoms with Crippen molar-refractivity contribution in [1.29, 1.82) is 0 Å². The molecule has 0 aromatic rings. The lowest BCUT2D eigenvalue weighted by Gasteiger charge is -2.17. The summed E-state index contributed by atoms with van der Waals surface area (Å²) in [4.78, 5) is 33.4. The van der Waals surface area contributed by atoms with Crippen LogP contribution in [0.3, 0.4) is 0 Å². The highest BCUT2D eigenvalue weighted by atomic mass is 16.5. The Morgan fingerprint density at radius 3 is 2.19 bits per heavy atom. The third-order valence-corrected chi connectivity index (χ3v) is 1.94. The minimum atomic E-state index is -0.670. The summed E-state index contributed by atoms with van der Waals surface area (Å²) in [6, 6.07) is -0.670. The molecule has 0 radical (unpaired) electrons. The number of ketones is 1. The van der Waals surface area contributed by atoms with Crippen LogP contribution in [0, 0.1) is 5.92 Å². The van der Waals surface area contributed by atoms with Gasteiger partial charge >= 0.3 is 5.97 Å². The molecule has 0 rings (SSSR count). The molecule has 0 saturated carbocycles. The summed E-state index contributed by atoms with van der Waals surface area (Å²) in [5.74, 6) is -0.901. The molecule has 1 unspecified atom stereocenters. The summed E-state index contributed by atoms with van der Waals surface area (Å²) in [7, 11) is 1.27.